The molecule has 2 aromatic rings. The maximum absolute atomic E-state index is 5.97. The van der Waals surface area contributed by atoms with Crippen molar-refractivity contribution in [2.75, 3.05) is 12.5 Å². The Balaban J connectivity index is 2.07. The normalized spacial score (nSPS) is 10.3. The molecule has 0 aromatic heterocycles. The summed E-state index contributed by atoms with van der Waals surface area (Å²) in [6.45, 7) is 0.653. The zero-order valence-electron chi connectivity index (χ0n) is 9.90. The smallest absolute Gasteiger partial charge is 0.119 e. The van der Waals surface area contributed by atoms with Crippen LogP contribution in [0.15, 0.2) is 48.5 Å². The minimum atomic E-state index is 0.626. The molecule has 0 aliphatic rings. The number of rotatable bonds is 5. The van der Waals surface area contributed by atoms with Crippen molar-refractivity contribution >= 4 is 23.2 Å². The third-order valence-electron chi connectivity index (χ3n) is 2.56. The standard InChI is InChI=1S/C15H14Cl2O/c16-9-2-10-18-15-7-5-12(6-8-15)13-3-1-4-14(17)11-13/h1,3-8,11H,2,9-10H2. The lowest BCUT2D eigenvalue weighted by molar-refractivity contribution is 0.318. The van der Waals surface area contributed by atoms with Gasteiger partial charge in [-0.1, -0.05) is 35.9 Å². The lowest BCUT2D eigenvalue weighted by Gasteiger charge is -2.06. The van der Waals surface area contributed by atoms with Gasteiger partial charge < -0.3 is 4.74 Å². The zero-order valence-corrected chi connectivity index (χ0v) is 11.4. The van der Waals surface area contributed by atoms with Crippen LogP contribution in [0.25, 0.3) is 11.1 Å². The summed E-state index contributed by atoms with van der Waals surface area (Å²) in [4.78, 5) is 0. The van der Waals surface area contributed by atoms with Gasteiger partial charge in [0.15, 0.2) is 0 Å². The van der Waals surface area contributed by atoms with Gasteiger partial charge in [-0.15, -0.1) is 11.6 Å². The van der Waals surface area contributed by atoms with E-state index in [1.807, 2.05) is 48.5 Å². The summed E-state index contributed by atoms with van der Waals surface area (Å²) >= 11 is 11.6. The number of alkyl halides is 1. The molecule has 0 aliphatic carbocycles. The van der Waals surface area contributed by atoms with Crippen molar-refractivity contribution in [2.24, 2.45) is 0 Å². The molecule has 1 nitrogen and oxygen atoms in total. The number of ether oxygens (including phenoxy) is 1. The first-order valence-corrected chi connectivity index (χ1v) is 6.75. The van der Waals surface area contributed by atoms with E-state index in [1.165, 1.54) is 0 Å². The Bertz CT molecular complexity index is 494. The second-order valence-electron chi connectivity index (χ2n) is 3.93. The number of hydrogen-bond donors (Lipinski definition) is 0. The van der Waals surface area contributed by atoms with E-state index in [4.69, 9.17) is 27.9 Å². The van der Waals surface area contributed by atoms with Crippen LogP contribution in [-0.4, -0.2) is 12.5 Å². The van der Waals surface area contributed by atoms with E-state index in [-0.39, 0.29) is 0 Å². The fourth-order valence-corrected chi connectivity index (χ4v) is 1.96. The monoisotopic (exact) mass is 280 g/mol. The quantitative estimate of drug-likeness (QED) is 0.552. The molecule has 0 N–H and O–H groups in total. The molecule has 2 rings (SSSR count). The van der Waals surface area contributed by atoms with Crippen LogP contribution in [-0.2, 0) is 0 Å². The predicted molar refractivity (Wildman–Crippen MR) is 77.7 cm³/mol. The highest BCUT2D eigenvalue weighted by Gasteiger charge is 1.99. The van der Waals surface area contributed by atoms with Gasteiger partial charge >= 0.3 is 0 Å². The Morgan fingerprint density at radius 3 is 2.39 bits per heavy atom. The SMILES string of the molecule is ClCCCOc1ccc(-c2cccc(Cl)c2)cc1. The number of hydrogen-bond acceptors (Lipinski definition) is 1. The van der Waals surface area contributed by atoms with Crippen molar-refractivity contribution in [3.8, 4) is 16.9 Å². The molecule has 0 saturated carbocycles. The molecule has 0 aliphatic heterocycles. The molecule has 3 heteroatoms. The highest BCUT2D eigenvalue weighted by Crippen LogP contribution is 2.24. The van der Waals surface area contributed by atoms with E-state index in [9.17, 15) is 0 Å². The van der Waals surface area contributed by atoms with Crippen molar-refractivity contribution in [3.63, 3.8) is 0 Å². The fraction of sp³-hybridized carbons (Fsp3) is 0.200. The zero-order chi connectivity index (χ0) is 12.8. The van der Waals surface area contributed by atoms with Crippen molar-refractivity contribution in [2.45, 2.75) is 6.42 Å². The second kappa shape index (κ2) is 6.67. The Hall–Kier alpha value is -1.18. The Morgan fingerprint density at radius 1 is 0.944 bits per heavy atom. The number of benzene rings is 2. The van der Waals surface area contributed by atoms with Gasteiger partial charge in [0.25, 0.3) is 0 Å². The highest BCUT2D eigenvalue weighted by atomic mass is 35.5. The van der Waals surface area contributed by atoms with Crippen LogP contribution in [0.1, 0.15) is 6.42 Å². The van der Waals surface area contributed by atoms with E-state index in [2.05, 4.69) is 0 Å². The van der Waals surface area contributed by atoms with Crippen LogP contribution in [0, 0.1) is 0 Å². The molecular weight excluding hydrogens is 267 g/mol. The van der Waals surface area contributed by atoms with Crippen LogP contribution in [0.3, 0.4) is 0 Å². The van der Waals surface area contributed by atoms with Crippen molar-refractivity contribution in [3.05, 3.63) is 53.6 Å². The van der Waals surface area contributed by atoms with Crippen molar-refractivity contribution < 1.29 is 4.74 Å². The molecule has 0 radical (unpaired) electrons. The van der Waals surface area contributed by atoms with Gasteiger partial charge in [0, 0.05) is 10.9 Å². The van der Waals surface area contributed by atoms with Gasteiger partial charge in [-0.05, 0) is 41.8 Å². The molecule has 0 spiro atoms. The second-order valence-corrected chi connectivity index (χ2v) is 4.74. The third kappa shape index (κ3) is 3.66. The average molecular weight is 281 g/mol. The predicted octanol–water partition coefficient (Wildman–Crippen LogP) is 5.01. The summed E-state index contributed by atoms with van der Waals surface area (Å²) in [5.74, 6) is 1.49. The van der Waals surface area contributed by atoms with E-state index < -0.39 is 0 Å². The van der Waals surface area contributed by atoms with Gasteiger partial charge in [-0.2, -0.15) is 0 Å². The maximum atomic E-state index is 5.97. The van der Waals surface area contributed by atoms with E-state index in [0.717, 1.165) is 28.3 Å². The highest BCUT2D eigenvalue weighted by molar-refractivity contribution is 6.30. The first kappa shape index (κ1) is 13.3. The molecule has 0 bridgehead atoms. The molecule has 94 valence electrons. The molecular formula is C15H14Cl2O. The lowest BCUT2D eigenvalue weighted by atomic mass is 10.1. The van der Waals surface area contributed by atoms with Gasteiger partial charge in [-0.25, -0.2) is 0 Å². The molecule has 0 atom stereocenters. The Morgan fingerprint density at radius 2 is 1.72 bits per heavy atom. The van der Waals surface area contributed by atoms with E-state index >= 15 is 0 Å². The molecule has 0 amide bonds. The first-order chi connectivity index (χ1) is 8.79. The molecule has 0 heterocycles. The fourth-order valence-electron chi connectivity index (χ4n) is 1.66. The molecule has 2 aromatic carbocycles. The number of halogens is 2. The van der Waals surface area contributed by atoms with Gasteiger partial charge in [0.1, 0.15) is 5.75 Å². The van der Waals surface area contributed by atoms with Crippen LogP contribution >= 0.6 is 23.2 Å². The summed E-state index contributed by atoms with van der Waals surface area (Å²) in [5.41, 5.74) is 2.23. The summed E-state index contributed by atoms with van der Waals surface area (Å²) in [6, 6.07) is 15.8. The lowest BCUT2D eigenvalue weighted by Crippen LogP contribution is -1.97. The minimum Gasteiger partial charge on any atom is -0.494 e. The average Bonchev–Trinajstić information content (AvgIpc) is 2.40. The van der Waals surface area contributed by atoms with Gasteiger partial charge in [0.2, 0.25) is 0 Å². The third-order valence-corrected chi connectivity index (χ3v) is 3.06. The summed E-state index contributed by atoms with van der Waals surface area (Å²) in [7, 11) is 0. The van der Waals surface area contributed by atoms with Crippen LogP contribution in [0.5, 0.6) is 5.75 Å². The van der Waals surface area contributed by atoms with Crippen LogP contribution < -0.4 is 4.74 Å². The molecule has 0 saturated heterocycles. The van der Waals surface area contributed by atoms with Crippen LogP contribution in [0.2, 0.25) is 5.02 Å². The Labute approximate surface area is 117 Å². The summed E-state index contributed by atoms with van der Waals surface area (Å²) in [5, 5.41) is 0.745. The van der Waals surface area contributed by atoms with Crippen molar-refractivity contribution in [1.29, 1.82) is 0 Å². The topological polar surface area (TPSA) is 9.23 Å². The first-order valence-electron chi connectivity index (χ1n) is 5.84. The summed E-state index contributed by atoms with van der Waals surface area (Å²) < 4.78 is 5.55. The largest absolute Gasteiger partial charge is 0.494 e. The maximum Gasteiger partial charge on any atom is 0.119 e. The van der Waals surface area contributed by atoms with Crippen molar-refractivity contribution in [1.82, 2.24) is 0 Å². The van der Waals surface area contributed by atoms with Gasteiger partial charge in [-0.3, -0.25) is 0 Å². The molecule has 0 unspecified atom stereocenters. The molecule has 0 fully saturated rings. The minimum absolute atomic E-state index is 0.626. The summed E-state index contributed by atoms with van der Waals surface area (Å²) in [6.07, 6.45) is 0.859. The van der Waals surface area contributed by atoms with E-state index in [0.29, 0.717) is 12.5 Å². The van der Waals surface area contributed by atoms with E-state index in [1.54, 1.807) is 0 Å². The molecule has 18 heavy (non-hydrogen) atoms. The van der Waals surface area contributed by atoms with Crippen LogP contribution in [0.4, 0.5) is 0 Å². The van der Waals surface area contributed by atoms with Gasteiger partial charge in [0.05, 0.1) is 6.61 Å². The Kier molecular flexibility index (Phi) is 4.91.